The fourth-order valence-electron chi connectivity index (χ4n) is 5.11. The monoisotopic (exact) mass is 511 g/mol. The van der Waals surface area contributed by atoms with E-state index in [4.69, 9.17) is 14.6 Å². The number of fused-ring (bicyclic) bond motifs is 7. The van der Waals surface area contributed by atoms with Crippen LogP contribution in [-0.2, 0) is 15.0 Å². The zero-order valence-electron chi connectivity index (χ0n) is 21.9. The summed E-state index contributed by atoms with van der Waals surface area (Å²) in [7, 11) is 0. The third kappa shape index (κ3) is 5.98. The molecule has 0 unspecified atom stereocenters. The molecule has 2 fully saturated rings. The number of amides is 2. The van der Waals surface area contributed by atoms with E-state index < -0.39 is 6.09 Å². The molecule has 11 nitrogen and oxygen atoms in total. The fourth-order valence-corrected chi connectivity index (χ4v) is 5.11. The number of hydrogen-bond acceptors (Lipinski definition) is 8. The van der Waals surface area contributed by atoms with Crippen LogP contribution < -0.4 is 20.9 Å². The van der Waals surface area contributed by atoms with Crippen LogP contribution in [0.4, 0.5) is 22.1 Å². The summed E-state index contributed by atoms with van der Waals surface area (Å²) in [5.74, 6) is 1.34. The molecule has 3 N–H and O–H groups in total. The lowest BCUT2D eigenvalue weighted by molar-refractivity contribution is 0.0948. The quantitative estimate of drug-likeness (QED) is 0.534. The Labute approximate surface area is 217 Å². The van der Waals surface area contributed by atoms with E-state index in [1.807, 2.05) is 16.8 Å². The Kier molecular flexibility index (Phi) is 7.23. The van der Waals surface area contributed by atoms with Gasteiger partial charge in [-0.3, -0.25) is 4.79 Å². The summed E-state index contributed by atoms with van der Waals surface area (Å²) in [6, 6.07) is 5.87. The predicted octanol–water partition coefficient (Wildman–Crippen LogP) is 3.11. The van der Waals surface area contributed by atoms with Gasteiger partial charge in [0.15, 0.2) is 0 Å². The van der Waals surface area contributed by atoms with E-state index in [9.17, 15) is 9.59 Å². The molecule has 2 aromatic rings. The Morgan fingerprint density at radius 3 is 2.59 bits per heavy atom. The number of carbonyl (C=O) groups is 2. The highest BCUT2D eigenvalue weighted by atomic mass is 16.6. The van der Waals surface area contributed by atoms with Crippen molar-refractivity contribution in [2.75, 3.05) is 49.6 Å². The van der Waals surface area contributed by atoms with Gasteiger partial charge in [0.1, 0.15) is 23.4 Å². The summed E-state index contributed by atoms with van der Waals surface area (Å²) in [6.45, 7) is 9.93. The summed E-state index contributed by atoms with van der Waals surface area (Å²) in [5.41, 5.74) is 1.94. The molecule has 2 aromatic heterocycles. The number of hydrogen-bond donors (Lipinski definition) is 3. The second kappa shape index (κ2) is 10.6. The Bertz CT molecular complexity index is 1140. The van der Waals surface area contributed by atoms with E-state index in [0.717, 1.165) is 49.6 Å². The maximum Gasteiger partial charge on any atom is 0.407 e. The first-order valence-corrected chi connectivity index (χ1v) is 13.2. The summed E-state index contributed by atoms with van der Waals surface area (Å²) >= 11 is 0. The smallest absolute Gasteiger partial charge is 0.407 e. The number of ether oxygens (including phenoxy) is 2. The van der Waals surface area contributed by atoms with Crippen LogP contribution in [0.3, 0.4) is 0 Å². The number of pyridine rings is 1. The van der Waals surface area contributed by atoms with Crippen molar-refractivity contribution in [3.8, 4) is 0 Å². The van der Waals surface area contributed by atoms with E-state index in [1.54, 1.807) is 0 Å². The van der Waals surface area contributed by atoms with E-state index in [2.05, 4.69) is 52.7 Å². The Morgan fingerprint density at radius 1 is 1.03 bits per heavy atom. The first-order valence-electron chi connectivity index (χ1n) is 13.2. The molecular weight excluding hydrogens is 474 g/mol. The molecule has 5 rings (SSSR count). The summed E-state index contributed by atoms with van der Waals surface area (Å²) < 4.78 is 13.1. The largest absolute Gasteiger partial charge is 0.446 e. The molecule has 2 atom stereocenters. The summed E-state index contributed by atoms with van der Waals surface area (Å²) in [4.78, 5) is 32.2. The van der Waals surface area contributed by atoms with Crippen LogP contribution in [0.1, 0.15) is 68.6 Å². The molecule has 11 heteroatoms. The lowest BCUT2D eigenvalue weighted by Gasteiger charge is -2.29. The third-order valence-corrected chi connectivity index (χ3v) is 7.02. The first kappa shape index (κ1) is 25.3. The average Bonchev–Trinajstić information content (AvgIpc) is 3.50. The topological polar surface area (TPSA) is 123 Å². The van der Waals surface area contributed by atoms with Crippen LogP contribution in [0.25, 0.3) is 0 Å². The van der Waals surface area contributed by atoms with Gasteiger partial charge < -0.3 is 30.3 Å². The number of nitrogens with zero attached hydrogens (tertiary/aromatic N) is 4. The second-order valence-electron chi connectivity index (χ2n) is 10.9. The Balaban J connectivity index is 1.52. The fraction of sp³-hybridized carbons (Fsp3) is 0.615. The Morgan fingerprint density at radius 2 is 1.81 bits per heavy atom. The standard InChI is InChI=1S/C26H37N7O4/c1-26(2,3)33-23-16-20(31-33)17-5-6-19(13-17)37-25(35)28-8-4-7-27-24(34)21-14-18(15-22(29-21)30-23)32-9-11-36-12-10-32/h14-17,19H,4-13H2,1-3H3,(H,27,34)(H,28,35)(H,29,30)/t17-,19+/m0/s1. The molecule has 1 saturated carbocycles. The molecule has 37 heavy (non-hydrogen) atoms. The third-order valence-electron chi connectivity index (χ3n) is 7.02. The van der Waals surface area contributed by atoms with Gasteiger partial charge in [0.05, 0.1) is 24.4 Å². The van der Waals surface area contributed by atoms with Crippen LogP contribution in [0.5, 0.6) is 0 Å². The highest BCUT2D eigenvalue weighted by Crippen LogP contribution is 2.38. The lowest BCUT2D eigenvalue weighted by Crippen LogP contribution is -2.36. The lowest BCUT2D eigenvalue weighted by atomic mass is 10.0. The predicted molar refractivity (Wildman–Crippen MR) is 140 cm³/mol. The van der Waals surface area contributed by atoms with Gasteiger partial charge in [-0.25, -0.2) is 14.5 Å². The van der Waals surface area contributed by atoms with E-state index >= 15 is 0 Å². The highest BCUT2D eigenvalue weighted by Gasteiger charge is 2.32. The van der Waals surface area contributed by atoms with Crippen molar-refractivity contribution in [3.05, 3.63) is 29.6 Å². The summed E-state index contributed by atoms with van der Waals surface area (Å²) in [6.07, 6.45) is 2.52. The molecule has 200 valence electrons. The Hall–Kier alpha value is -3.34. The van der Waals surface area contributed by atoms with Crippen LogP contribution in [0.2, 0.25) is 0 Å². The van der Waals surface area contributed by atoms with Gasteiger partial charge in [-0.15, -0.1) is 0 Å². The number of alkyl carbamates (subject to hydrolysis) is 1. The van der Waals surface area contributed by atoms with E-state index in [-0.39, 0.29) is 23.5 Å². The molecular formula is C26H37N7O4. The van der Waals surface area contributed by atoms with Crippen molar-refractivity contribution in [1.29, 1.82) is 0 Å². The molecule has 6 bridgehead atoms. The molecule has 2 aliphatic heterocycles. The molecule has 4 heterocycles. The normalized spacial score (nSPS) is 23.3. The molecule has 0 spiro atoms. The van der Waals surface area contributed by atoms with Crippen LogP contribution >= 0.6 is 0 Å². The van der Waals surface area contributed by atoms with Crippen LogP contribution in [0, 0.1) is 0 Å². The maximum absolute atomic E-state index is 13.0. The maximum atomic E-state index is 13.0. The van der Waals surface area contributed by atoms with Gasteiger partial charge in [-0.2, -0.15) is 5.10 Å². The van der Waals surface area contributed by atoms with Crippen molar-refractivity contribution in [2.45, 2.75) is 64.0 Å². The van der Waals surface area contributed by atoms with Gasteiger partial charge >= 0.3 is 6.09 Å². The van der Waals surface area contributed by atoms with E-state index in [0.29, 0.717) is 44.2 Å². The first-order chi connectivity index (χ1) is 17.8. The van der Waals surface area contributed by atoms with E-state index in [1.165, 1.54) is 0 Å². The van der Waals surface area contributed by atoms with Gasteiger partial charge in [0.25, 0.3) is 5.91 Å². The van der Waals surface area contributed by atoms with Gasteiger partial charge in [0, 0.05) is 49.9 Å². The molecule has 1 aliphatic carbocycles. The van der Waals surface area contributed by atoms with Crippen molar-refractivity contribution >= 4 is 29.3 Å². The number of morpholine rings is 1. The minimum atomic E-state index is -0.412. The zero-order chi connectivity index (χ0) is 26.0. The van der Waals surface area contributed by atoms with Crippen molar-refractivity contribution in [2.24, 2.45) is 0 Å². The molecule has 0 radical (unpaired) electrons. The number of carbonyl (C=O) groups excluding carboxylic acids is 2. The SMILES string of the molecule is CC(C)(C)n1nc2cc1Nc1cc(N3CCOCC3)cc(n1)C(=O)NCCCNC(=O)O[C@@H]1CC[C@H]2C1. The molecule has 0 aromatic carbocycles. The number of nitrogens with one attached hydrogen (secondary N) is 3. The van der Waals surface area contributed by atoms with Gasteiger partial charge in [0.2, 0.25) is 0 Å². The highest BCUT2D eigenvalue weighted by molar-refractivity contribution is 5.94. The van der Waals surface area contributed by atoms with Crippen LogP contribution in [0.15, 0.2) is 18.2 Å². The minimum Gasteiger partial charge on any atom is -0.446 e. The van der Waals surface area contributed by atoms with Gasteiger partial charge in [-0.1, -0.05) is 0 Å². The van der Waals surface area contributed by atoms with Crippen molar-refractivity contribution < 1.29 is 19.1 Å². The molecule has 3 aliphatic rings. The molecule has 2 amide bonds. The molecule has 1 saturated heterocycles. The zero-order valence-corrected chi connectivity index (χ0v) is 21.9. The van der Waals surface area contributed by atoms with Crippen LogP contribution in [-0.4, -0.2) is 72.3 Å². The van der Waals surface area contributed by atoms with Crippen molar-refractivity contribution in [3.63, 3.8) is 0 Å². The van der Waals surface area contributed by atoms with Gasteiger partial charge in [-0.05, 0) is 52.5 Å². The number of rotatable bonds is 1. The number of aromatic nitrogens is 3. The van der Waals surface area contributed by atoms with Crippen molar-refractivity contribution in [1.82, 2.24) is 25.4 Å². The minimum absolute atomic E-state index is 0.130. The second-order valence-corrected chi connectivity index (χ2v) is 10.9. The summed E-state index contributed by atoms with van der Waals surface area (Å²) in [5, 5.41) is 14.2. The average molecular weight is 512 g/mol. The number of anilines is 3.